The molecular weight excluding hydrogens is 352 g/mol. The summed E-state index contributed by atoms with van der Waals surface area (Å²) in [6, 6.07) is 5.21. The molecule has 2 amide bonds. The number of furan rings is 1. The molecule has 8 heteroatoms. The Morgan fingerprint density at radius 1 is 1.27 bits per heavy atom. The summed E-state index contributed by atoms with van der Waals surface area (Å²) in [4.78, 5) is 32.6. The summed E-state index contributed by atoms with van der Waals surface area (Å²) < 4.78 is 5.12. The Hall–Kier alpha value is -3.00. The first-order valence-corrected chi connectivity index (χ1v) is 8.90. The van der Waals surface area contributed by atoms with E-state index in [0.29, 0.717) is 22.1 Å². The Kier molecular flexibility index (Phi) is 5.43. The monoisotopic (exact) mass is 370 g/mol. The average Bonchev–Trinajstić information content (AvgIpc) is 3.24. The van der Waals surface area contributed by atoms with Crippen molar-refractivity contribution in [1.29, 1.82) is 0 Å². The quantitative estimate of drug-likeness (QED) is 0.695. The second-order valence-corrected chi connectivity index (χ2v) is 6.59. The SMILES string of the molecule is Cc1occc1C(=O)Nc1nc(CC(=O)NC(C)c2ccncc2)cs1. The highest BCUT2D eigenvalue weighted by atomic mass is 32.1. The number of aromatic nitrogens is 2. The van der Waals surface area contributed by atoms with Crippen molar-refractivity contribution >= 4 is 28.3 Å². The van der Waals surface area contributed by atoms with Gasteiger partial charge in [-0.1, -0.05) is 0 Å². The van der Waals surface area contributed by atoms with Gasteiger partial charge in [-0.2, -0.15) is 0 Å². The van der Waals surface area contributed by atoms with Gasteiger partial charge in [0.1, 0.15) is 5.76 Å². The summed E-state index contributed by atoms with van der Waals surface area (Å²) in [6.45, 7) is 3.63. The van der Waals surface area contributed by atoms with Gasteiger partial charge in [-0.3, -0.25) is 19.9 Å². The number of amides is 2. The minimum atomic E-state index is -0.284. The molecule has 0 spiro atoms. The van der Waals surface area contributed by atoms with Crippen LogP contribution in [-0.4, -0.2) is 21.8 Å². The van der Waals surface area contributed by atoms with Gasteiger partial charge in [0.25, 0.3) is 5.91 Å². The number of pyridine rings is 1. The molecule has 3 rings (SSSR count). The van der Waals surface area contributed by atoms with E-state index in [1.165, 1.54) is 17.6 Å². The van der Waals surface area contributed by atoms with Gasteiger partial charge in [0.15, 0.2) is 5.13 Å². The topological polar surface area (TPSA) is 97.1 Å². The first-order chi connectivity index (χ1) is 12.5. The zero-order chi connectivity index (χ0) is 18.5. The highest BCUT2D eigenvalue weighted by Crippen LogP contribution is 2.19. The number of aryl methyl sites for hydroxylation is 1. The standard InChI is InChI=1S/C18H18N4O3S/c1-11(13-3-6-19-7-4-13)20-16(23)9-14-10-26-18(21-14)22-17(24)15-5-8-25-12(15)2/h3-8,10-11H,9H2,1-2H3,(H,20,23)(H,21,22,24). The van der Waals surface area contributed by atoms with E-state index in [2.05, 4.69) is 20.6 Å². The van der Waals surface area contributed by atoms with Crippen LogP contribution >= 0.6 is 11.3 Å². The first kappa shape index (κ1) is 17.8. The van der Waals surface area contributed by atoms with E-state index in [1.807, 2.05) is 19.1 Å². The van der Waals surface area contributed by atoms with Crippen molar-refractivity contribution in [1.82, 2.24) is 15.3 Å². The second-order valence-electron chi connectivity index (χ2n) is 5.74. The van der Waals surface area contributed by atoms with E-state index in [9.17, 15) is 9.59 Å². The van der Waals surface area contributed by atoms with Crippen LogP contribution in [0.4, 0.5) is 5.13 Å². The zero-order valence-corrected chi connectivity index (χ0v) is 15.2. The number of hydrogen-bond donors (Lipinski definition) is 2. The molecule has 0 aliphatic heterocycles. The molecule has 0 aliphatic rings. The van der Waals surface area contributed by atoms with Crippen molar-refractivity contribution < 1.29 is 14.0 Å². The van der Waals surface area contributed by atoms with Crippen LogP contribution in [-0.2, 0) is 11.2 Å². The predicted molar refractivity (Wildman–Crippen MR) is 98.0 cm³/mol. The molecule has 7 nitrogen and oxygen atoms in total. The van der Waals surface area contributed by atoms with Gasteiger partial charge in [0, 0.05) is 17.8 Å². The van der Waals surface area contributed by atoms with Crippen LogP contribution in [0.15, 0.2) is 46.7 Å². The molecular formula is C18H18N4O3S. The third kappa shape index (κ3) is 4.34. The molecule has 0 fully saturated rings. The maximum atomic E-state index is 12.2. The molecule has 3 aromatic rings. The second kappa shape index (κ2) is 7.92. The van der Waals surface area contributed by atoms with E-state index >= 15 is 0 Å². The van der Waals surface area contributed by atoms with E-state index < -0.39 is 0 Å². The van der Waals surface area contributed by atoms with E-state index in [4.69, 9.17) is 4.42 Å². The van der Waals surface area contributed by atoms with Crippen LogP contribution in [0.2, 0.25) is 0 Å². The number of hydrogen-bond acceptors (Lipinski definition) is 6. The summed E-state index contributed by atoms with van der Waals surface area (Å²) in [7, 11) is 0. The number of carbonyl (C=O) groups is 2. The van der Waals surface area contributed by atoms with Gasteiger partial charge in [-0.15, -0.1) is 11.3 Å². The van der Waals surface area contributed by atoms with Gasteiger partial charge in [0.2, 0.25) is 5.91 Å². The van der Waals surface area contributed by atoms with Gasteiger partial charge in [0.05, 0.1) is 30.0 Å². The first-order valence-electron chi connectivity index (χ1n) is 8.02. The summed E-state index contributed by atoms with van der Waals surface area (Å²) in [5, 5.41) is 7.84. The van der Waals surface area contributed by atoms with Gasteiger partial charge in [-0.25, -0.2) is 4.98 Å². The number of carbonyl (C=O) groups excluding carboxylic acids is 2. The average molecular weight is 370 g/mol. The summed E-state index contributed by atoms with van der Waals surface area (Å²) in [5.74, 6) is 0.125. The number of rotatable bonds is 6. The van der Waals surface area contributed by atoms with Crippen LogP contribution in [0.1, 0.15) is 40.3 Å². The highest BCUT2D eigenvalue weighted by molar-refractivity contribution is 7.14. The maximum Gasteiger partial charge on any atom is 0.260 e. The normalized spacial score (nSPS) is 11.8. The van der Waals surface area contributed by atoms with Gasteiger partial charge in [-0.05, 0) is 37.6 Å². The summed E-state index contributed by atoms with van der Waals surface area (Å²) in [6.07, 6.45) is 4.99. The van der Waals surface area contributed by atoms with Gasteiger partial charge >= 0.3 is 0 Å². The molecule has 134 valence electrons. The fourth-order valence-electron chi connectivity index (χ4n) is 2.42. The van der Waals surface area contributed by atoms with E-state index in [-0.39, 0.29) is 24.3 Å². The van der Waals surface area contributed by atoms with Gasteiger partial charge < -0.3 is 9.73 Å². The van der Waals surface area contributed by atoms with Crippen LogP contribution in [0.3, 0.4) is 0 Å². The third-order valence-electron chi connectivity index (χ3n) is 3.80. The molecule has 1 atom stereocenters. The van der Waals surface area contributed by atoms with Crippen LogP contribution in [0, 0.1) is 6.92 Å². The number of thiazole rings is 1. The molecule has 1 unspecified atom stereocenters. The zero-order valence-electron chi connectivity index (χ0n) is 14.4. The fraction of sp³-hybridized carbons (Fsp3) is 0.222. The van der Waals surface area contributed by atoms with Crippen molar-refractivity contribution in [2.24, 2.45) is 0 Å². The predicted octanol–water partition coefficient (Wildman–Crippen LogP) is 3.11. The molecule has 0 radical (unpaired) electrons. The van der Waals surface area contributed by atoms with Crippen LogP contribution in [0.5, 0.6) is 0 Å². The highest BCUT2D eigenvalue weighted by Gasteiger charge is 2.15. The Morgan fingerprint density at radius 3 is 2.73 bits per heavy atom. The maximum absolute atomic E-state index is 12.2. The molecule has 3 heterocycles. The minimum Gasteiger partial charge on any atom is -0.469 e. The van der Waals surface area contributed by atoms with Crippen molar-refractivity contribution in [2.45, 2.75) is 26.3 Å². The lowest BCUT2D eigenvalue weighted by Gasteiger charge is -2.13. The molecule has 0 saturated carbocycles. The number of anilines is 1. The Balaban J connectivity index is 1.55. The smallest absolute Gasteiger partial charge is 0.260 e. The molecule has 0 aliphatic carbocycles. The summed E-state index contributed by atoms with van der Waals surface area (Å²) >= 11 is 1.28. The molecule has 3 aromatic heterocycles. The fourth-order valence-corrected chi connectivity index (χ4v) is 3.13. The van der Waals surface area contributed by atoms with E-state index in [0.717, 1.165) is 5.56 Å². The molecule has 0 saturated heterocycles. The number of nitrogens with one attached hydrogen (secondary N) is 2. The van der Waals surface area contributed by atoms with Crippen molar-refractivity contribution in [3.05, 3.63) is 64.8 Å². The van der Waals surface area contributed by atoms with Crippen LogP contribution < -0.4 is 10.6 Å². The minimum absolute atomic E-state index is 0.118. The molecule has 0 bridgehead atoms. The summed E-state index contributed by atoms with van der Waals surface area (Å²) in [5.41, 5.74) is 2.05. The lowest BCUT2D eigenvalue weighted by Crippen LogP contribution is -2.28. The molecule has 0 aromatic carbocycles. The lowest BCUT2D eigenvalue weighted by atomic mass is 10.1. The number of nitrogens with zero attached hydrogens (tertiary/aromatic N) is 2. The lowest BCUT2D eigenvalue weighted by molar-refractivity contribution is -0.121. The Bertz CT molecular complexity index is 904. The molecule has 2 N–H and O–H groups in total. The van der Waals surface area contributed by atoms with Crippen molar-refractivity contribution in [2.75, 3.05) is 5.32 Å². The molecule has 26 heavy (non-hydrogen) atoms. The third-order valence-corrected chi connectivity index (χ3v) is 4.61. The van der Waals surface area contributed by atoms with Crippen molar-refractivity contribution in [3.63, 3.8) is 0 Å². The van der Waals surface area contributed by atoms with Crippen molar-refractivity contribution in [3.8, 4) is 0 Å². The Labute approximate surface area is 154 Å². The Morgan fingerprint density at radius 2 is 2.04 bits per heavy atom. The van der Waals surface area contributed by atoms with Crippen LogP contribution in [0.25, 0.3) is 0 Å². The van der Waals surface area contributed by atoms with E-state index in [1.54, 1.807) is 30.8 Å². The largest absolute Gasteiger partial charge is 0.469 e.